The smallest absolute Gasteiger partial charge is 0.325 e. The Morgan fingerprint density at radius 3 is 2.62 bits per heavy atom. The molecule has 16 heavy (non-hydrogen) atoms. The summed E-state index contributed by atoms with van der Waals surface area (Å²) < 4.78 is 5.22. The zero-order valence-electron chi connectivity index (χ0n) is 9.78. The summed E-state index contributed by atoms with van der Waals surface area (Å²) in [6, 6.07) is -1.38. The van der Waals surface area contributed by atoms with E-state index in [2.05, 4.69) is 17.6 Å². The molecule has 1 atom stereocenters. The largest absolute Gasteiger partial charge is 0.480 e. The Morgan fingerprint density at radius 1 is 1.38 bits per heavy atom. The summed E-state index contributed by atoms with van der Waals surface area (Å²) >= 11 is 0. The fraction of sp³-hybridized carbons (Fsp3) is 0.800. The summed E-state index contributed by atoms with van der Waals surface area (Å²) in [5.41, 5.74) is 0. The van der Waals surface area contributed by atoms with Crippen molar-refractivity contribution in [3.05, 3.63) is 0 Å². The molecule has 0 radical (unpaired) electrons. The van der Waals surface area contributed by atoms with Crippen LogP contribution in [0.3, 0.4) is 0 Å². The number of amides is 2. The lowest BCUT2D eigenvalue weighted by Crippen LogP contribution is -2.45. The monoisotopic (exact) mass is 232 g/mol. The molecule has 0 rings (SSSR count). The molecule has 94 valence electrons. The lowest BCUT2D eigenvalue weighted by Gasteiger charge is -2.10. The van der Waals surface area contributed by atoms with Gasteiger partial charge in [0, 0.05) is 13.2 Å². The van der Waals surface area contributed by atoms with Gasteiger partial charge in [0.2, 0.25) is 0 Å². The van der Waals surface area contributed by atoms with E-state index in [0.717, 1.165) is 12.8 Å². The normalized spacial score (nSPS) is 11.9. The maximum atomic E-state index is 11.1. The van der Waals surface area contributed by atoms with Gasteiger partial charge in [0.15, 0.2) is 0 Å². The first-order valence-electron chi connectivity index (χ1n) is 5.42. The number of carbonyl (C=O) groups excluding carboxylic acids is 1. The molecule has 0 heterocycles. The highest BCUT2D eigenvalue weighted by Crippen LogP contribution is 1.86. The van der Waals surface area contributed by atoms with Crippen LogP contribution in [0.2, 0.25) is 0 Å². The average molecular weight is 232 g/mol. The fourth-order valence-electron chi connectivity index (χ4n) is 0.895. The Labute approximate surface area is 95.4 Å². The third-order valence-corrected chi connectivity index (χ3v) is 1.89. The topological polar surface area (TPSA) is 87.7 Å². The van der Waals surface area contributed by atoms with Gasteiger partial charge in [0.05, 0.1) is 6.61 Å². The molecule has 0 aliphatic rings. The number of urea groups is 1. The van der Waals surface area contributed by atoms with Gasteiger partial charge in [0.25, 0.3) is 0 Å². The van der Waals surface area contributed by atoms with Gasteiger partial charge in [-0.05, 0) is 13.3 Å². The first-order valence-corrected chi connectivity index (χ1v) is 5.42. The molecule has 0 saturated heterocycles. The van der Waals surface area contributed by atoms with Gasteiger partial charge >= 0.3 is 12.0 Å². The maximum Gasteiger partial charge on any atom is 0.325 e. The van der Waals surface area contributed by atoms with Crippen LogP contribution in [0.5, 0.6) is 0 Å². The number of hydrogen-bond acceptors (Lipinski definition) is 3. The molecule has 0 fully saturated rings. The van der Waals surface area contributed by atoms with Crippen molar-refractivity contribution in [2.45, 2.75) is 32.7 Å². The van der Waals surface area contributed by atoms with Crippen molar-refractivity contribution < 1.29 is 19.4 Å². The molecule has 0 aromatic heterocycles. The molecule has 0 aliphatic carbocycles. The molecule has 0 aromatic rings. The van der Waals surface area contributed by atoms with Crippen molar-refractivity contribution in [3.8, 4) is 0 Å². The van der Waals surface area contributed by atoms with Crippen molar-refractivity contribution in [2.75, 3.05) is 19.8 Å². The van der Waals surface area contributed by atoms with Gasteiger partial charge in [-0.25, -0.2) is 4.79 Å². The molecule has 0 spiro atoms. The van der Waals surface area contributed by atoms with Crippen LogP contribution in [0, 0.1) is 0 Å². The second-order valence-electron chi connectivity index (χ2n) is 3.43. The van der Waals surface area contributed by atoms with Crippen molar-refractivity contribution >= 4 is 12.0 Å². The van der Waals surface area contributed by atoms with Crippen LogP contribution in [0.25, 0.3) is 0 Å². The van der Waals surface area contributed by atoms with E-state index in [0.29, 0.717) is 19.8 Å². The molecule has 0 saturated carbocycles. The predicted molar refractivity (Wildman–Crippen MR) is 59.4 cm³/mol. The summed E-state index contributed by atoms with van der Waals surface area (Å²) in [6.07, 6.45) is 2.08. The standard InChI is InChI=1S/C10H20N2O4/c1-3-4-6-16-7-5-11-10(15)12-8(2)9(13)14/h8H,3-7H2,1-2H3,(H,13,14)(H2,11,12,15). The SMILES string of the molecule is CCCCOCCNC(=O)NC(C)C(=O)O. The third kappa shape index (κ3) is 8.05. The Balaban J connectivity index is 3.40. The van der Waals surface area contributed by atoms with Crippen LogP contribution in [-0.4, -0.2) is 42.9 Å². The van der Waals surface area contributed by atoms with Gasteiger partial charge in [-0.2, -0.15) is 0 Å². The van der Waals surface area contributed by atoms with E-state index in [1.165, 1.54) is 6.92 Å². The Morgan fingerprint density at radius 2 is 2.06 bits per heavy atom. The first kappa shape index (κ1) is 14.7. The maximum absolute atomic E-state index is 11.1. The van der Waals surface area contributed by atoms with E-state index in [1.54, 1.807) is 0 Å². The molecule has 2 amide bonds. The summed E-state index contributed by atoms with van der Waals surface area (Å²) in [7, 11) is 0. The van der Waals surface area contributed by atoms with E-state index in [-0.39, 0.29) is 0 Å². The number of carboxylic acids is 1. The summed E-state index contributed by atoms with van der Waals surface area (Å²) in [5, 5.41) is 13.3. The second kappa shape index (κ2) is 8.96. The molecule has 6 heteroatoms. The minimum Gasteiger partial charge on any atom is -0.480 e. The van der Waals surface area contributed by atoms with E-state index in [4.69, 9.17) is 9.84 Å². The van der Waals surface area contributed by atoms with Crippen molar-refractivity contribution in [1.82, 2.24) is 10.6 Å². The fourth-order valence-corrected chi connectivity index (χ4v) is 0.895. The molecule has 0 bridgehead atoms. The van der Waals surface area contributed by atoms with E-state index in [9.17, 15) is 9.59 Å². The summed E-state index contributed by atoms with van der Waals surface area (Å²) in [4.78, 5) is 21.5. The molecule has 1 unspecified atom stereocenters. The van der Waals surface area contributed by atoms with Crippen LogP contribution in [-0.2, 0) is 9.53 Å². The first-order chi connectivity index (χ1) is 7.57. The van der Waals surface area contributed by atoms with E-state index >= 15 is 0 Å². The molecule has 0 aliphatic heterocycles. The van der Waals surface area contributed by atoms with Gasteiger partial charge in [-0.1, -0.05) is 13.3 Å². The number of aliphatic carboxylic acids is 1. The number of carbonyl (C=O) groups is 2. The van der Waals surface area contributed by atoms with Gasteiger partial charge in [-0.15, -0.1) is 0 Å². The third-order valence-electron chi connectivity index (χ3n) is 1.89. The lowest BCUT2D eigenvalue weighted by molar-refractivity contribution is -0.138. The Bertz CT molecular complexity index is 221. The number of ether oxygens (including phenoxy) is 1. The quantitative estimate of drug-likeness (QED) is 0.534. The van der Waals surface area contributed by atoms with E-state index < -0.39 is 18.0 Å². The highest BCUT2D eigenvalue weighted by atomic mass is 16.5. The van der Waals surface area contributed by atoms with E-state index in [1.807, 2.05) is 0 Å². The number of rotatable bonds is 8. The number of unbranched alkanes of at least 4 members (excludes halogenated alkanes) is 1. The van der Waals surface area contributed by atoms with Crippen LogP contribution < -0.4 is 10.6 Å². The zero-order valence-corrected chi connectivity index (χ0v) is 9.78. The van der Waals surface area contributed by atoms with Crippen LogP contribution >= 0.6 is 0 Å². The molecule has 3 N–H and O–H groups in total. The molecular weight excluding hydrogens is 212 g/mol. The van der Waals surface area contributed by atoms with Crippen molar-refractivity contribution in [1.29, 1.82) is 0 Å². The van der Waals surface area contributed by atoms with Crippen LogP contribution in [0.1, 0.15) is 26.7 Å². The Kier molecular flexibility index (Phi) is 8.24. The van der Waals surface area contributed by atoms with Crippen LogP contribution in [0.4, 0.5) is 4.79 Å². The highest BCUT2D eigenvalue weighted by Gasteiger charge is 2.12. The van der Waals surface area contributed by atoms with Gasteiger partial charge < -0.3 is 20.5 Å². The predicted octanol–water partition coefficient (Wildman–Crippen LogP) is 0.575. The molecule has 6 nitrogen and oxygen atoms in total. The average Bonchev–Trinajstić information content (AvgIpc) is 2.23. The molecule has 0 aromatic carbocycles. The highest BCUT2D eigenvalue weighted by molar-refractivity contribution is 5.82. The minimum absolute atomic E-state index is 0.377. The minimum atomic E-state index is -1.06. The zero-order chi connectivity index (χ0) is 12.4. The lowest BCUT2D eigenvalue weighted by atomic mass is 10.3. The Hall–Kier alpha value is -1.30. The molecular formula is C10H20N2O4. The summed E-state index contributed by atoms with van der Waals surface area (Å²) in [6.45, 7) is 4.98. The number of carboxylic acid groups (broad SMARTS) is 1. The number of nitrogens with one attached hydrogen (secondary N) is 2. The second-order valence-corrected chi connectivity index (χ2v) is 3.43. The van der Waals surface area contributed by atoms with Crippen molar-refractivity contribution in [3.63, 3.8) is 0 Å². The van der Waals surface area contributed by atoms with Gasteiger partial charge in [0.1, 0.15) is 6.04 Å². The number of hydrogen-bond donors (Lipinski definition) is 3. The summed E-state index contributed by atoms with van der Waals surface area (Å²) in [5.74, 6) is -1.06. The van der Waals surface area contributed by atoms with Gasteiger partial charge in [-0.3, -0.25) is 4.79 Å². The van der Waals surface area contributed by atoms with Crippen LogP contribution in [0.15, 0.2) is 0 Å². The van der Waals surface area contributed by atoms with Crippen molar-refractivity contribution in [2.24, 2.45) is 0 Å².